The Morgan fingerprint density at radius 1 is 1.12 bits per heavy atom. The average molecular weight is 359 g/mol. The highest BCUT2D eigenvalue weighted by Crippen LogP contribution is 2.29. The van der Waals surface area contributed by atoms with Gasteiger partial charge in [-0.1, -0.05) is 6.58 Å². The highest BCUT2D eigenvalue weighted by molar-refractivity contribution is 6.15. The maximum absolute atomic E-state index is 11.5. The number of hydrogen-bond acceptors (Lipinski definition) is 7. The van der Waals surface area contributed by atoms with E-state index in [1.807, 2.05) is 0 Å². The van der Waals surface area contributed by atoms with Gasteiger partial charge in [0, 0.05) is 6.08 Å². The van der Waals surface area contributed by atoms with Gasteiger partial charge in [-0.15, -0.1) is 0 Å². The van der Waals surface area contributed by atoms with Crippen molar-refractivity contribution < 1.29 is 28.7 Å². The zero-order valence-electron chi connectivity index (χ0n) is 14.4. The lowest BCUT2D eigenvalue weighted by Crippen LogP contribution is -2.23. The van der Waals surface area contributed by atoms with Gasteiger partial charge >= 0.3 is 17.9 Å². The highest BCUT2D eigenvalue weighted by atomic mass is 16.6. The maximum atomic E-state index is 11.5. The van der Waals surface area contributed by atoms with E-state index < -0.39 is 11.9 Å². The zero-order valence-corrected chi connectivity index (χ0v) is 14.4. The van der Waals surface area contributed by atoms with Crippen molar-refractivity contribution in [3.63, 3.8) is 0 Å². The molecule has 3 rings (SSSR count). The van der Waals surface area contributed by atoms with Crippen molar-refractivity contribution in [2.45, 2.75) is 25.7 Å². The Hall–Kier alpha value is -2.67. The first kappa shape index (κ1) is 18.1. The molecule has 7 heteroatoms. The van der Waals surface area contributed by atoms with Gasteiger partial charge in [-0.05, 0) is 55.7 Å². The van der Waals surface area contributed by atoms with E-state index in [1.165, 1.54) is 6.08 Å². The van der Waals surface area contributed by atoms with Gasteiger partial charge in [0.1, 0.15) is 0 Å². The monoisotopic (exact) mass is 359 g/mol. The number of nitrogens with one attached hydrogen (secondary N) is 1. The Morgan fingerprint density at radius 2 is 1.77 bits per heavy atom. The molecular weight excluding hydrogens is 338 g/mol. The molecule has 1 aliphatic carbocycles. The molecule has 1 aliphatic heterocycles. The number of ether oxygens (including phenoxy) is 2. The van der Waals surface area contributed by atoms with Crippen molar-refractivity contribution in [3.05, 3.63) is 42.0 Å². The van der Waals surface area contributed by atoms with Crippen LogP contribution in [0.5, 0.6) is 0 Å². The molecule has 1 heterocycles. The van der Waals surface area contributed by atoms with Crippen LogP contribution in [0.15, 0.2) is 30.9 Å². The minimum absolute atomic E-state index is 0.248. The third-order valence-corrected chi connectivity index (χ3v) is 4.75. The number of benzene rings is 1. The van der Waals surface area contributed by atoms with E-state index in [1.54, 1.807) is 18.2 Å². The van der Waals surface area contributed by atoms with Crippen LogP contribution in [0.1, 0.15) is 46.4 Å². The summed E-state index contributed by atoms with van der Waals surface area (Å²) < 4.78 is 9.65. The predicted molar refractivity (Wildman–Crippen MR) is 92.4 cm³/mol. The minimum Gasteiger partial charge on any atom is -0.462 e. The largest absolute Gasteiger partial charge is 0.462 e. The number of esters is 3. The van der Waals surface area contributed by atoms with E-state index in [0.717, 1.165) is 25.7 Å². The fraction of sp³-hybridized carbons (Fsp3) is 0.421. The van der Waals surface area contributed by atoms with Crippen LogP contribution in [0, 0.1) is 11.8 Å². The van der Waals surface area contributed by atoms with Gasteiger partial charge < -0.3 is 9.47 Å². The molecule has 1 fully saturated rings. The molecule has 138 valence electrons. The SMILES string of the molecule is C=CC(=O)OCC1CCC(CONc2ccc3c(c2)C(=O)OC3=O)CC1. The van der Waals surface area contributed by atoms with Crippen LogP contribution in [-0.2, 0) is 19.1 Å². The summed E-state index contributed by atoms with van der Waals surface area (Å²) >= 11 is 0. The number of hydrogen-bond donors (Lipinski definition) is 1. The molecule has 0 unspecified atom stereocenters. The van der Waals surface area contributed by atoms with Crippen molar-refractivity contribution in [3.8, 4) is 0 Å². The smallest absolute Gasteiger partial charge is 0.346 e. The molecule has 1 saturated carbocycles. The van der Waals surface area contributed by atoms with Gasteiger partial charge in [0.2, 0.25) is 0 Å². The van der Waals surface area contributed by atoms with Gasteiger partial charge in [0.25, 0.3) is 0 Å². The quantitative estimate of drug-likeness (QED) is 0.346. The molecule has 0 aromatic heterocycles. The summed E-state index contributed by atoms with van der Waals surface area (Å²) in [6, 6.07) is 4.76. The molecule has 0 spiro atoms. The fourth-order valence-electron chi connectivity index (χ4n) is 3.22. The van der Waals surface area contributed by atoms with E-state index >= 15 is 0 Å². The van der Waals surface area contributed by atoms with Gasteiger partial charge in [0.15, 0.2) is 0 Å². The molecule has 0 radical (unpaired) electrons. The number of cyclic esters (lactones) is 2. The third-order valence-electron chi connectivity index (χ3n) is 4.75. The summed E-state index contributed by atoms with van der Waals surface area (Å²) in [5.41, 5.74) is 3.94. The second kappa shape index (κ2) is 8.14. The molecule has 1 aromatic carbocycles. The molecule has 0 atom stereocenters. The van der Waals surface area contributed by atoms with E-state index in [4.69, 9.17) is 9.57 Å². The van der Waals surface area contributed by atoms with E-state index in [0.29, 0.717) is 30.7 Å². The van der Waals surface area contributed by atoms with Crippen LogP contribution >= 0.6 is 0 Å². The first-order chi connectivity index (χ1) is 12.6. The lowest BCUT2D eigenvalue weighted by atomic mass is 9.83. The normalized spacial score (nSPS) is 21.7. The summed E-state index contributed by atoms with van der Waals surface area (Å²) in [6.07, 6.45) is 5.17. The van der Waals surface area contributed by atoms with Crippen molar-refractivity contribution >= 4 is 23.6 Å². The standard InChI is InChI=1S/C19H21NO6/c1-2-17(21)24-10-12-3-5-13(6-4-12)11-25-20-14-7-8-15-16(9-14)19(23)26-18(15)22/h2,7-9,12-13,20H,1,3-6,10-11H2. The van der Waals surface area contributed by atoms with Crippen molar-refractivity contribution in [1.82, 2.24) is 0 Å². The van der Waals surface area contributed by atoms with Crippen LogP contribution in [0.4, 0.5) is 5.69 Å². The van der Waals surface area contributed by atoms with Crippen molar-refractivity contribution in [1.29, 1.82) is 0 Å². The van der Waals surface area contributed by atoms with Gasteiger partial charge in [0.05, 0.1) is 30.0 Å². The number of fused-ring (bicyclic) bond motifs is 1. The number of rotatable bonds is 7. The molecule has 0 saturated heterocycles. The Bertz CT molecular complexity index is 721. The Morgan fingerprint density at radius 3 is 2.46 bits per heavy atom. The average Bonchev–Trinajstić information content (AvgIpc) is 2.94. The molecule has 0 bridgehead atoms. The topological polar surface area (TPSA) is 90.9 Å². The van der Waals surface area contributed by atoms with Gasteiger partial charge in [-0.25, -0.2) is 14.4 Å². The van der Waals surface area contributed by atoms with Crippen molar-refractivity contribution in [2.24, 2.45) is 11.8 Å². The molecule has 7 nitrogen and oxygen atoms in total. The summed E-state index contributed by atoms with van der Waals surface area (Å²) in [5, 5.41) is 0. The number of carbonyl (C=O) groups is 3. The number of carbonyl (C=O) groups excluding carboxylic acids is 3. The van der Waals surface area contributed by atoms with Gasteiger partial charge in [-0.2, -0.15) is 0 Å². The van der Waals surface area contributed by atoms with Crippen molar-refractivity contribution in [2.75, 3.05) is 18.7 Å². The molecule has 1 N–H and O–H groups in total. The van der Waals surface area contributed by atoms with E-state index in [9.17, 15) is 14.4 Å². The van der Waals surface area contributed by atoms with E-state index in [-0.39, 0.29) is 17.1 Å². The summed E-state index contributed by atoms with van der Waals surface area (Å²) in [6.45, 7) is 4.37. The molecule has 2 aliphatic rings. The third kappa shape index (κ3) is 4.29. The van der Waals surface area contributed by atoms with Crippen LogP contribution in [-0.4, -0.2) is 31.1 Å². The second-order valence-corrected chi connectivity index (χ2v) is 6.57. The Kier molecular flexibility index (Phi) is 5.68. The minimum atomic E-state index is -0.635. The molecule has 26 heavy (non-hydrogen) atoms. The Labute approximate surface area is 151 Å². The predicted octanol–water partition coefficient (Wildman–Crippen LogP) is 2.88. The van der Waals surface area contributed by atoms with Gasteiger partial charge in [-0.3, -0.25) is 10.3 Å². The van der Waals surface area contributed by atoms with Crippen LogP contribution in [0.3, 0.4) is 0 Å². The van der Waals surface area contributed by atoms with Crippen LogP contribution in [0.25, 0.3) is 0 Å². The highest BCUT2D eigenvalue weighted by Gasteiger charge is 2.29. The summed E-state index contributed by atoms with van der Waals surface area (Å²) in [4.78, 5) is 39.6. The molecule has 0 amide bonds. The lowest BCUT2D eigenvalue weighted by Gasteiger charge is -2.27. The molecular formula is C19H21NO6. The molecule has 1 aromatic rings. The summed E-state index contributed by atoms with van der Waals surface area (Å²) in [5.74, 6) is -0.810. The lowest BCUT2D eigenvalue weighted by molar-refractivity contribution is -0.139. The zero-order chi connectivity index (χ0) is 18.5. The first-order valence-electron chi connectivity index (χ1n) is 8.64. The fourth-order valence-corrected chi connectivity index (χ4v) is 3.22. The van der Waals surface area contributed by atoms with Crippen LogP contribution in [0.2, 0.25) is 0 Å². The Balaban J connectivity index is 1.39. The second-order valence-electron chi connectivity index (χ2n) is 6.57. The number of anilines is 1. The van der Waals surface area contributed by atoms with Crippen LogP contribution < -0.4 is 5.48 Å². The maximum Gasteiger partial charge on any atom is 0.346 e. The first-order valence-corrected chi connectivity index (χ1v) is 8.64. The summed E-state index contributed by atoms with van der Waals surface area (Å²) in [7, 11) is 0. The van der Waals surface area contributed by atoms with E-state index in [2.05, 4.69) is 16.8 Å².